The number of rotatable bonds is 14. The zero-order valence-corrected chi connectivity index (χ0v) is 19.4. The summed E-state index contributed by atoms with van der Waals surface area (Å²) in [5, 5.41) is 16.0. The van der Waals surface area contributed by atoms with E-state index in [1.165, 1.54) is 0 Å². The smallest absolute Gasteiger partial charge is 0.191 e. The molecule has 1 heterocycles. The highest BCUT2D eigenvalue weighted by molar-refractivity contribution is 14.0. The summed E-state index contributed by atoms with van der Waals surface area (Å²) in [6.07, 6.45) is 5.33. The molecule has 3 N–H and O–H groups in total. The molecule has 0 saturated heterocycles. The Morgan fingerprint density at radius 1 is 1.30 bits per heavy atom. The number of aliphatic imine (C=N–C) groups is 1. The molecule has 0 aliphatic heterocycles. The fourth-order valence-electron chi connectivity index (χ4n) is 2.81. The topological polar surface area (TPSA) is 79.0 Å². The van der Waals surface area contributed by atoms with Crippen molar-refractivity contribution in [3.8, 4) is 0 Å². The third kappa shape index (κ3) is 13.9. The number of halogens is 1. The Kier molecular flexibility index (Phi) is 16.8. The summed E-state index contributed by atoms with van der Waals surface area (Å²) in [6.45, 7) is 10.5. The van der Waals surface area contributed by atoms with Gasteiger partial charge in [-0.1, -0.05) is 13.8 Å². The standard InChI is InChI=1S/C20H37N3O3.HI/c1-4-25-13-6-10-21-20(22-11-8-19-7-5-14-26-19)23-16-18(9-12-24)15-17(2)3;/h5,7,14,17-18,24H,4,6,8-13,15-16H2,1-3H3,(H2,21,22,23);1H. The summed E-state index contributed by atoms with van der Waals surface area (Å²) >= 11 is 0. The van der Waals surface area contributed by atoms with E-state index in [0.29, 0.717) is 11.8 Å². The Balaban J connectivity index is 0.00000676. The molecule has 0 bridgehead atoms. The Bertz CT molecular complexity index is 467. The lowest BCUT2D eigenvalue weighted by atomic mass is 9.94. The van der Waals surface area contributed by atoms with Crippen LogP contribution in [-0.4, -0.2) is 50.5 Å². The third-order valence-corrected chi connectivity index (χ3v) is 4.06. The van der Waals surface area contributed by atoms with Crippen molar-refractivity contribution in [1.29, 1.82) is 0 Å². The molecule has 0 aromatic carbocycles. The Morgan fingerprint density at radius 3 is 2.70 bits per heavy atom. The summed E-state index contributed by atoms with van der Waals surface area (Å²) in [7, 11) is 0. The second-order valence-corrected chi connectivity index (χ2v) is 6.93. The van der Waals surface area contributed by atoms with Gasteiger partial charge in [-0.3, -0.25) is 4.99 Å². The quantitative estimate of drug-likeness (QED) is 0.160. The van der Waals surface area contributed by atoms with Crippen molar-refractivity contribution < 1.29 is 14.3 Å². The van der Waals surface area contributed by atoms with Crippen LogP contribution in [0.15, 0.2) is 27.8 Å². The van der Waals surface area contributed by atoms with Crippen molar-refractivity contribution >= 4 is 29.9 Å². The van der Waals surface area contributed by atoms with Crippen LogP contribution in [0, 0.1) is 11.8 Å². The van der Waals surface area contributed by atoms with Crippen LogP contribution in [0.4, 0.5) is 0 Å². The number of hydrogen-bond donors (Lipinski definition) is 3. The van der Waals surface area contributed by atoms with E-state index in [2.05, 4.69) is 24.5 Å². The zero-order valence-electron chi connectivity index (χ0n) is 17.1. The Hall–Kier alpha value is -0.800. The number of furan rings is 1. The predicted octanol–water partition coefficient (Wildman–Crippen LogP) is 3.45. The van der Waals surface area contributed by atoms with Gasteiger partial charge in [0.15, 0.2) is 5.96 Å². The number of nitrogens with one attached hydrogen (secondary N) is 2. The molecule has 1 aromatic rings. The molecule has 0 radical (unpaired) electrons. The van der Waals surface area contributed by atoms with Gasteiger partial charge in [-0.15, -0.1) is 24.0 Å². The van der Waals surface area contributed by atoms with Crippen LogP contribution in [0.5, 0.6) is 0 Å². The monoisotopic (exact) mass is 495 g/mol. The number of guanidine groups is 1. The molecule has 158 valence electrons. The number of ether oxygens (including phenoxy) is 1. The lowest BCUT2D eigenvalue weighted by molar-refractivity contribution is 0.145. The van der Waals surface area contributed by atoms with Crippen LogP contribution in [-0.2, 0) is 11.2 Å². The van der Waals surface area contributed by atoms with Crippen LogP contribution in [0.3, 0.4) is 0 Å². The molecule has 0 saturated carbocycles. The van der Waals surface area contributed by atoms with Crippen LogP contribution >= 0.6 is 24.0 Å². The normalized spacial score (nSPS) is 12.7. The molecule has 0 aliphatic rings. The van der Waals surface area contributed by atoms with E-state index in [0.717, 1.165) is 70.3 Å². The molecule has 0 spiro atoms. The Labute approximate surface area is 181 Å². The number of aliphatic hydroxyl groups is 1. The lowest BCUT2D eigenvalue weighted by Crippen LogP contribution is -2.39. The minimum absolute atomic E-state index is 0. The third-order valence-electron chi connectivity index (χ3n) is 4.06. The highest BCUT2D eigenvalue weighted by atomic mass is 127. The summed E-state index contributed by atoms with van der Waals surface area (Å²) in [5.74, 6) is 2.80. The lowest BCUT2D eigenvalue weighted by Gasteiger charge is -2.18. The summed E-state index contributed by atoms with van der Waals surface area (Å²) in [5.41, 5.74) is 0. The molecule has 1 atom stereocenters. The van der Waals surface area contributed by atoms with Gasteiger partial charge in [-0.2, -0.15) is 0 Å². The fraction of sp³-hybridized carbons (Fsp3) is 0.750. The van der Waals surface area contributed by atoms with E-state index in [1.807, 2.05) is 19.1 Å². The van der Waals surface area contributed by atoms with Crippen LogP contribution in [0.2, 0.25) is 0 Å². The highest BCUT2D eigenvalue weighted by Gasteiger charge is 2.11. The van der Waals surface area contributed by atoms with E-state index >= 15 is 0 Å². The number of hydrogen-bond acceptors (Lipinski definition) is 4. The van der Waals surface area contributed by atoms with Crippen molar-refractivity contribution in [3.63, 3.8) is 0 Å². The highest BCUT2D eigenvalue weighted by Crippen LogP contribution is 2.15. The van der Waals surface area contributed by atoms with Crippen molar-refractivity contribution in [2.24, 2.45) is 16.8 Å². The molecule has 1 aromatic heterocycles. The maximum Gasteiger partial charge on any atom is 0.191 e. The minimum atomic E-state index is 0. The van der Waals surface area contributed by atoms with Crippen molar-refractivity contribution in [2.45, 2.75) is 46.5 Å². The Morgan fingerprint density at radius 2 is 2.07 bits per heavy atom. The van der Waals surface area contributed by atoms with Gasteiger partial charge < -0.3 is 24.9 Å². The van der Waals surface area contributed by atoms with Gasteiger partial charge in [-0.25, -0.2) is 0 Å². The molecular formula is C20H38IN3O3. The SMILES string of the molecule is CCOCCCNC(=NCC(CCO)CC(C)C)NCCc1ccco1.I. The summed E-state index contributed by atoms with van der Waals surface area (Å²) < 4.78 is 10.7. The van der Waals surface area contributed by atoms with Gasteiger partial charge in [0.2, 0.25) is 0 Å². The van der Waals surface area contributed by atoms with E-state index in [-0.39, 0.29) is 30.6 Å². The predicted molar refractivity (Wildman–Crippen MR) is 122 cm³/mol. The molecular weight excluding hydrogens is 457 g/mol. The molecule has 1 unspecified atom stereocenters. The van der Waals surface area contributed by atoms with Gasteiger partial charge in [0, 0.05) is 45.9 Å². The van der Waals surface area contributed by atoms with Gasteiger partial charge in [-0.05, 0) is 50.2 Å². The average molecular weight is 495 g/mol. The largest absolute Gasteiger partial charge is 0.469 e. The van der Waals surface area contributed by atoms with Gasteiger partial charge >= 0.3 is 0 Å². The molecule has 0 amide bonds. The van der Waals surface area contributed by atoms with Gasteiger partial charge in [0.05, 0.1) is 6.26 Å². The molecule has 0 fully saturated rings. The van der Waals surface area contributed by atoms with Crippen LogP contribution in [0.1, 0.15) is 45.8 Å². The van der Waals surface area contributed by atoms with Crippen molar-refractivity contribution in [3.05, 3.63) is 24.2 Å². The first kappa shape index (κ1) is 26.2. The molecule has 1 rings (SSSR count). The van der Waals surface area contributed by atoms with E-state index in [1.54, 1.807) is 6.26 Å². The van der Waals surface area contributed by atoms with Gasteiger partial charge in [0.1, 0.15) is 5.76 Å². The first-order valence-corrected chi connectivity index (χ1v) is 9.88. The van der Waals surface area contributed by atoms with Crippen LogP contribution in [0.25, 0.3) is 0 Å². The maximum atomic E-state index is 9.28. The molecule has 0 aliphatic carbocycles. The maximum absolute atomic E-state index is 9.28. The van der Waals surface area contributed by atoms with E-state index in [4.69, 9.17) is 14.1 Å². The molecule has 6 nitrogen and oxygen atoms in total. The first-order chi connectivity index (χ1) is 12.7. The van der Waals surface area contributed by atoms with Gasteiger partial charge in [0.25, 0.3) is 0 Å². The van der Waals surface area contributed by atoms with Crippen molar-refractivity contribution in [1.82, 2.24) is 10.6 Å². The molecule has 27 heavy (non-hydrogen) atoms. The van der Waals surface area contributed by atoms with E-state index < -0.39 is 0 Å². The van der Waals surface area contributed by atoms with E-state index in [9.17, 15) is 5.11 Å². The minimum Gasteiger partial charge on any atom is -0.469 e. The second-order valence-electron chi connectivity index (χ2n) is 6.93. The number of aliphatic hydroxyl groups excluding tert-OH is 1. The average Bonchev–Trinajstić information content (AvgIpc) is 3.11. The zero-order chi connectivity index (χ0) is 19.0. The summed E-state index contributed by atoms with van der Waals surface area (Å²) in [4.78, 5) is 4.74. The van der Waals surface area contributed by atoms with Crippen molar-refractivity contribution in [2.75, 3.05) is 39.5 Å². The molecule has 7 heteroatoms. The second kappa shape index (κ2) is 17.3. The summed E-state index contributed by atoms with van der Waals surface area (Å²) in [6, 6.07) is 3.88. The number of nitrogens with zero attached hydrogens (tertiary/aromatic N) is 1. The first-order valence-electron chi connectivity index (χ1n) is 9.88. The fourth-order valence-corrected chi connectivity index (χ4v) is 2.81. The van der Waals surface area contributed by atoms with Crippen LogP contribution < -0.4 is 10.6 Å².